The van der Waals surface area contributed by atoms with Gasteiger partial charge in [-0.2, -0.15) is 0 Å². The largest absolute Gasteiger partial charge is 1.00 e. The first-order valence-electron chi connectivity index (χ1n) is 4.05. The highest BCUT2D eigenvalue weighted by Gasteiger charge is 2.16. The zero-order valence-electron chi connectivity index (χ0n) is 7.92. The van der Waals surface area contributed by atoms with Crippen molar-refractivity contribution in [1.82, 2.24) is 10.2 Å². The molecule has 0 aliphatic carbocycles. The van der Waals surface area contributed by atoms with Crippen LogP contribution < -0.4 is 34.3 Å². The van der Waals surface area contributed by atoms with Crippen molar-refractivity contribution in [2.75, 3.05) is 26.1 Å². The summed E-state index contributed by atoms with van der Waals surface area (Å²) in [6.07, 6.45) is 2.18. The second-order valence-corrected chi connectivity index (χ2v) is 3.56. The Morgan fingerprint density at radius 2 is 2.50 bits per heavy atom. The minimum atomic E-state index is -0.750. The normalized spacial score (nSPS) is 16.5. The molecule has 0 bridgehead atoms. The van der Waals surface area contributed by atoms with Gasteiger partial charge < -0.3 is 29.1 Å². The summed E-state index contributed by atoms with van der Waals surface area (Å²) in [5.41, 5.74) is 0. The van der Waals surface area contributed by atoms with E-state index in [4.69, 9.17) is 5.11 Å². The fourth-order valence-electron chi connectivity index (χ4n) is 1.04. The molecule has 0 atom stereocenters. The Labute approximate surface area is 104 Å². The Kier molecular flexibility index (Phi) is 7.28. The average Bonchev–Trinajstić information content (AvgIpc) is 2.15. The quantitative estimate of drug-likeness (QED) is 0.453. The van der Waals surface area contributed by atoms with Crippen molar-refractivity contribution in [3.8, 4) is 0 Å². The van der Waals surface area contributed by atoms with Gasteiger partial charge in [-0.15, -0.1) is 0 Å². The van der Waals surface area contributed by atoms with Gasteiger partial charge in [-0.1, -0.05) is 0 Å². The third kappa shape index (κ3) is 5.01. The smallest absolute Gasteiger partial charge is 0.305 e. The molecule has 0 radical (unpaired) electrons. The van der Waals surface area contributed by atoms with Gasteiger partial charge in [0, 0.05) is 6.54 Å². The van der Waals surface area contributed by atoms with E-state index in [1.54, 1.807) is 11.8 Å². The lowest BCUT2D eigenvalue weighted by Gasteiger charge is -2.20. The number of carboxylic acids is 1. The van der Waals surface area contributed by atoms with Gasteiger partial charge in [-0.05, 0) is 18.0 Å². The molecule has 0 fully saturated rings. The highest BCUT2D eigenvalue weighted by atomic mass is 127. The molecule has 1 rings (SSSR count). The van der Waals surface area contributed by atoms with Gasteiger partial charge >= 0.3 is 11.1 Å². The molecule has 0 aromatic carbocycles. The van der Waals surface area contributed by atoms with Gasteiger partial charge in [-0.25, -0.2) is 4.90 Å². The summed E-state index contributed by atoms with van der Waals surface area (Å²) in [5.74, 6) is -0.750. The summed E-state index contributed by atoms with van der Waals surface area (Å²) in [4.78, 5) is 15.4. The topological polar surface area (TPSA) is 66.5 Å². The number of nitrogens with one attached hydrogen (secondary N) is 2. The van der Waals surface area contributed by atoms with E-state index in [-0.39, 0.29) is 30.4 Å². The number of carbonyl (C=O) groups is 1. The molecule has 1 aliphatic rings. The van der Waals surface area contributed by atoms with Crippen molar-refractivity contribution in [3.63, 3.8) is 0 Å². The van der Waals surface area contributed by atoms with Crippen LogP contribution in [0.5, 0.6) is 0 Å². The van der Waals surface area contributed by atoms with Crippen LogP contribution in [0, 0.1) is 0 Å². The maximum Gasteiger partial charge on any atom is 0.305 e. The van der Waals surface area contributed by atoms with Crippen LogP contribution in [0.15, 0.2) is 0 Å². The molecular formula is C7H14IN3O2S. The molecule has 14 heavy (non-hydrogen) atoms. The van der Waals surface area contributed by atoms with Gasteiger partial charge in [0.15, 0.2) is 0 Å². The van der Waals surface area contributed by atoms with Crippen molar-refractivity contribution < 1.29 is 38.9 Å². The molecule has 0 saturated heterocycles. The van der Waals surface area contributed by atoms with Crippen LogP contribution in [0.3, 0.4) is 0 Å². The van der Waals surface area contributed by atoms with Gasteiger partial charge in [0.05, 0.1) is 6.42 Å². The molecule has 1 aliphatic heterocycles. The van der Waals surface area contributed by atoms with Crippen molar-refractivity contribution >= 4 is 22.9 Å². The molecule has 5 nitrogen and oxygen atoms in total. The van der Waals surface area contributed by atoms with Crippen LogP contribution in [-0.4, -0.2) is 47.3 Å². The minimum absolute atomic E-state index is 0. The Morgan fingerprint density at radius 3 is 2.93 bits per heavy atom. The number of nitrogens with zero attached hydrogens (tertiary/aromatic N) is 1. The summed E-state index contributed by atoms with van der Waals surface area (Å²) < 4.78 is 0. The van der Waals surface area contributed by atoms with E-state index in [0.717, 1.165) is 18.5 Å². The molecule has 0 saturated carbocycles. The molecule has 0 spiro atoms. The van der Waals surface area contributed by atoms with E-state index in [1.807, 2.05) is 11.2 Å². The summed E-state index contributed by atoms with van der Waals surface area (Å²) >= 11 is 1.62. The molecule has 0 amide bonds. The number of rotatable bonds is 3. The Bertz CT molecular complexity index is 225. The summed E-state index contributed by atoms with van der Waals surface area (Å²) in [6, 6.07) is 0. The SMILES string of the molecule is CSC1=[NH+]CN(CCC(=O)O)CN1.[I-]. The minimum Gasteiger partial charge on any atom is -1.00 e. The number of carboxylic acid groups (broad SMARTS) is 1. The Morgan fingerprint density at radius 1 is 1.79 bits per heavy atom. The molecular weight excluding hydrogens is 317 g/mol. The lowest BCUT2D eigenvalue weighted by Crippen LogP contribution is -3.00. The monoisotopic (exact) mass is 331 g/mol. The fraction of sp³-hybridized carbons (Fsp3) is 0.714. The summed E-state index contributed by atoms with van der Waals surface area (Å²) in [6.45, 7) is 2.02. The molecule has 7 heteroatoms. The fourth-order valence-corrected chi connectivity index (χ4v) is 1.46. The van der Waals surface area contributed by atoms with Crippen molar-refractivity contribution in [1.29, 1.82) is 0 Å². The maximum absolute atomic E-state index is 10.3. The summed E-state index contributed by atoms with van der Waals surface area (Å²) in [5, 5.41) is 12.7. The standard InChI is InChI=1S/C7H13N3O2S.HI/c1-13-7-8-4-10(5-9-7)3-2-6(11)12;/h2-5H2,1H3,(H,8,9)(H,11,12);1H. The van der Waals surface area contributed by atoms with Gasteiger partial charge in [0.25, 0.3) is 0 Å². The van der Waals surface area contributed by atoms with E-state index in [0.29, 0.717) is 6.54 Å². The number of hydrogen-bond acceptors (Lipinski definition) is 4. The lowest BCUT2D eigenvalue weighted by atomic mass is 10.4. The second-order valence-electron chi connectivity index (χ2n) is 2.74. The predicted molar refractivity (Wildman–Crippen MR) is 51.3 cm³/mol. The Hall–Kier alpha value is -0.0200. The van der Waals surface area contributed by atoms with E-state index in [9.17, 15) is 4.79 Å². The third-order valence-electron chi connectivity index (χ3n) is 1.77. The van der Waals surface area contributed by atoms with Gasteiger partial charge in [0.2, 0.25) is 0 Å². The van der Waals surface area contributed by atoms with E-state index in [1.165, 1.54) is 0 Å². The highest BCUT2D eigenvalue weighted by Crippen LogP contribution is 1.93. The van der Waals surface area contributed by atoms with Crippen LogP contribution in [0.1, 0.15) is 6.42 Å². The zero-order chi connectivity index (χ0) is 9.68. The average molecular weight is 331 g/mol. The molecule has 0 aromatic heterocycles. The number of aliphatic carboxylic acids is 1. The van der Waals surface area contributed by atoms with Crippen LogP contribution in [0.4, 0.5) is 0 Å². The molecule has 82 valence electrons. The van der Waals surface area contributed by atoms with Crippen molar-refractivity contribution in [2.45, 2.75) is 6.42 Å². The maximum atomic E-state index is 10.3. The van der Waals surface area contributed by atoms with Crippen LogP contribution in [0.25, 0.3) is 0 Å². The predicted octanol–water partition coefficient (Wildman–Crippen LogP) is -4.92. The first-order chi connectivity index (χ1) is 6.22. The zero-order valence-corrected chi connectivity index (χ0v) is 10.9. The van der Waals surface area contributed by atoms with E-state index >= 15 is 0 Å². The van der Waals surface area contributed by atoms with Crippen molar-refractivity contribution in [2.24, 2.45) is 0 Å². The number of amidine groups is 1. The Balaban J connectivity index is 0.00000169. The first kappa shape index (κ1) is 14.0. The lowest BCUT2D eigenvalue weighted by molar-refractivity contribution is -0.490. The van der Waals surface area contributed by atoms with Gasteiger partial charge in [0.1, 0.15) is 13.3 Å². The van der Waals surface area contributed by atoms with E-state index in [2.05, 4.69) is 10.3 Å². The summed E-state index contributed by atoms with van der Waals surface area (Å²) in [7, 11) is 0. The first-order valence-corrected chi connectivity index (χ1v) is 5.27. The van der Waals surface area contributed by atoms with E-state index < -0.39 is 5.97 Å². The highest BCUT2D eigenvalue weighted by molar-refractivity contribution is 8.12. The van der Waals surface area contributed by atoms with Crippen LogP contribution in [-0.2, 0) is 4.79 Å². The molecule has 0 aromatic rings. The third-order valence-corrected chi connectivity index (χ3v) is 2.47. The second kappa shape index (κ2) is 7.30. The molecule has 1 heterocycles. The molecule has 0 unspecified atom stereocenters. The van der Waals surface area contributed by atoms with Crippen molar-refractivity contribution in [3.05, 3.63) is 0 Å². The van der Waals surface area contributed by atoms with Crippen LogP contribution in [0.2, 0.25) is 0 Å². The number of halogens is 1. The molecule has 3 N–H and O–H groups in total. The number of thioether (sulfide) groups is 1. The van der Waals surface area contributed by atoms with Crippen LogP contribution >= 0.6 is 11.8 Å². The van der Waals surface area contributed by atoms with Gasteiger partial charge in [-0.3, -0.25) is 15.1 Å². The number of hydrogen-bond donors (Lipinski definition) is 3.